The Bertz CT molecular complexity index is 580. The van der Waals surface area contributed by atoms with Crippen LogP contribution in [0.25, 0.3) is 0 Å². The first-order chi connectivity index (χ1) is 14.1. The Hall–Kier alpha value is -1.20. The van der Waals surface area contributed by atoms with Crippen molar-refractivity contribution in [1.82, 2.24) is 25.5 Å². The molecule has 1 aromatic heterocycles. The van der Waals surface area contributed by atoms with Gasteiger partial charge in [0, 0.05) is 71.4 Å². The summed E-state index contributed by atoms with van der Waals surface area (Å²) in [7, 11) is 0. The van der Waals surface area contributed by atoms with E-state index in [4.69, 9.17) is 4.99 Å². The highest BCUT2D eigenvalue weighted by atomic mass is 127. The molecule has 2 rings (SSSR count). The summed E-state index contributed by atoms with van der Waals surface area (Å²) < 4.78 is 0. The number of hydrogen-bond donors (Lipinski definition) is 3. The number of guanidine groups is 1. The molecule has 0 amide bonds. The molecule has 9 heteroatoms. The van der Waals surface area contributed by atoms with E-state index in [0.717, 1.165) is 77.1 Å². The van der Waals surface area contributed by atoms with Gasteiger partial charge < -0.3 is 20.6 Å². The maximum Gasteiger partial charge on any atom is 0.225 e. The maximum atomic E-state index is 9.30. The van der Waals surface area contributed by atoms with Crippen LogP contribution in [-0.2, 0) is 0 Å². The van der Waals surface area contributed by atoms with Gasteiger partial charge in [-0.05, 0) is 37.7 Å². The van der Waals surface area contributed by atoms with Crippen molar-refractivity contribution in [3.63, 3.8) is 0 Å². The smallest absolute Gasteiger partial charge is 0.225 e. The number of nitrogens with zero attached hydrogens (tertiary/aromatic N) is 5. The predicted molar refractivity (Wildman–Crippen MR) is 135 cm³/mol. The summed E-state index contributed by atoms with van der Waals surface area (Å²) in [6.45, 7) is 14.1. The van der Waals surface area contributed by atoms with Crippen molar-refractivity contribution in [2.75, 3.05) is 63.9 Å². The van der Waals surface area contributed by atoms with Gasteiger partial charge in [0.15, 0.2) is 5.96 Å². The van der Waals surface area contributed by atoms with Crippen LogP contribution in [0.5, 0.6) is 0 Å². The zero-order valence-corrected chi connectivity index (χ0v) is 21.1. The minimum Gasteiger partial charge on any atom is -0.396 e. The lowest BCUT2D eigenvalue weighted by molar-refractivity contribution is 0.245. The van der Waals surface area contributed by atoms with Crippen LogP contribution in [-0.4, -0.2) is 84.9 Å². The van der Waals surface area contributed by atoms with Gasteiger partial charge in [0.25, 0.3) is 0 Å². The molecule has 30 heavy (non-hydrogen) atoms. The highest BCUT2D eigenvalue weighted by molar-refractivity contribution is 14.0. The number of aliphatic hydroxyl groups is 1. The second-order valence-electron chi connectivity index (χ2n) is 8.03. The Morgan fingerprint density at radius 3 is 2.47 bits per heavy atom. The number of aromatic nitrogens is 2. The van der Waals surface area contributed by atoms with Crippen LogP contribution >= 0.6 is 24.0 Å². The first-order valence-corrected chi connectivity index (χ1v) is 11.0. The summed E-state index contributed by atoms with van der Waals surface area (Å²) in [6.07, 6.45) is 5.51. The topological polar surface area (TPSA) is 88.9 Å². The van der Waals surface area contributed by atoms with E-state index in [1.54, 1.807) is 12.4 Å². The molecule has 1 aliphatic rings. The second kappa shape index (κ2) is 15.6. The van der Waals surface area contributed by atoms with Gasteiger partial charge in [-0.2, -0.15) is 0 Å². The largest absolute Gasteiger partial charge is 0.396 e. The Balaban J connectivity index is 0.00000450. The van der Waals surface area contributed by atoms with Crippen LogP contribution in [0, 0.1) is 11.8 Å². The van der Waals surface area contributed by atoms with Crippen LogP contribution < -0.4 is 15.5 Å². The van der Waals surface area contributed by atoms with Crippen LogP contribution in [0.3, 0.4) is 0 Å². The predicted octanol–water partition coefficient (Wildman–Crippen LogP) is 1.82. The number of aliphatic hydroxyl groups excluding tert-OH is 1. The molecule has 0 aromatic carbocycles. The summed E-state index contributed by atoms with van der Waals surface area (Å²) in [6, 6.07) is 1.85. The fourth-order valence-corrected chi connectivity index (χ4v) is 3.65. The molecule has 0 radical (unpaired) electrons. The molecular weight excluding hydrogens is 493 g/mol. The van der Waals surface area contributed by atoms with Crippen molar-refractivity contribution in [2.45, 2.75) is 33.6 Å². The average Bonchev–Trinajstić information content (AvgIpc) is 2.73. The number of nitrogens with one attached hydrogen (secondary N) is 2. The van der Waals surface area contributed by atoms with E-state index < -0.39 is 0 Å². The summed E-state index contributed by atoms with van der Waals surface area (Å²) in [5, 5.41) is 16.1. The first-order valence-electron chi connectivity index (χ1n) is 11.0. The molecule has 172 valence electrons. The van der Waals surface area contributed by atoms with Gasteiger partial charge in [-0.3, -0.25) is 9.89 Å². The summed E-state index contributed by atoms with van der Waals surface area (Å²) in [5.74, 6) is 2.75. The minimum absolute atomic E-state index is 0. The van der Waals surface area contributed by atoms with E-state index >= 15 is 0 Å². The quantitative estimate of drug-likeness (QED) is 0.227. The third kappa shape index (κ3) is 10.2. The minimum atomic E-state index is 0. The van der Waals surface area contributed by atoms with Crippen molar-refractivity contribution in [3.05, 3.63) is 18.5 Å². The third-order valence-electron chi connectivity index (χ3n) is 5.12. The maximum absolute atomic E-state index is 9.30. The molecule has 3 N–H and O–H groups in total. The summed E-state index contributed by atoms with van der Waals surface area (Å²) >= 11 is 0. The van der Waals surface area contributed by atoms with Crippen LogP contribution in [0.4, 0.5) is 5.95 Å². The van der Waals surface area contributed by atoms with Gasteiger partial charge in [-0.1, -0.05) is 13.8 Å². The lowest BCUT2D eigenvalue weighted by atomic mass is 9.94. The number of hydrogen-bond acceptors (Lipinski definition) is 6. The number of rotatable bonds is 11. The molecule has 0 bridgehead atoms. The van der Waals surface area contributed by atoms with Gasteiger partial charge in [-0.15, -0.1) is 24.0 Å². The summed E-state index contributed by atoms with van der Waals surface area (Å²) in [5.41, 5.74) is 0. The molecule has 8 nitrogen and oxygen atoms in total. The van der Waals surface area contributed by atoms with Crippen LogP contribution in [0.1, 0.15) is 33.6 Å². The second-order valence-corrected chi connectivity index (χ2v) is 8.03. The van der Waals surface area contributed by atoms with E-state index in [1.807, 2.05) is 6.07 Å². The van der Waals surface area contributed by atoms with Crippen LogP contribution in [0.2, 0.25) is 0 Å². The molecule has 2 heterocycles. The SMILES string of the molecule is CCNC(=NCC(CCO)CC(C)C)NCCN1CCN(c2ncccn2)CC1.I. The van der Waals surface area contributed by atoms with Crippen molar-refractivity contribution < 1.29 is 5.11 Å². The van der Waals surface area contributed by atoms with Crippen molar-refractivity contribution in [3.8, 4) is 0 Å². The molecule has 0 saturated carbocycles. The van der Waals surface area contributed by atoms with Crippen molar-refractivity contribution >= 4 is 35.9 Å². The Morgan fingerprint density at radius 2 is 1.87 bits per heavy atom. The van der Waals surface area contributed by atoms with E-state index in [2.05, 4.69) is 51.2 Å². The first kappa shape index (κ1) is 26.8. The normalized spacial score (nSPS) is 16.3. The molecule has 1 saturated heterocycles. The Labute approximate surface area is 199 Å². The average molecular weight is 534 g/mol. The Kier molecular flexibility index (Phi) is 13.9. The zero-order valence-electron chi connectivity index (χ0n) is 18.8. The molecule has 1 unspecified atom stereocenters. The monoisotopic (exact) mass is 533 g/mol. The number of halogens is 1. The Morgan fingerprint density at radius 1 is 1.17 bits per heavy atom. The fourth-order valence-electron chi connectivity index (χ4n) is 3.65. The fraction of sp³-hybridized carbons (Fsp3) is 0.762. The van der Waals surface area contributed by atoms with E-state index in [1.165, 1.54) is 0 Å². The van der Waals surface area contributed by atoms with Crippen molar-refractivity contribution in [1.29, 1.82) is 0 Å². The summed E-state index contributed by atoms with van der Waals surface area (Å²) in [4.78, 5) is 18.1. The van der Waals surface area contributed by atoms with Gasteiger partial charge in [0.2, 0.25) is 5.95 Å². The van der Waals surface area contributed by atoms with Gasteiger partial charge in [0.05, 0.1) is 0 Å². The van der Waals surface area contributed by atoms with E-state index in [0.29, 0.717) is 11.8 Å². The van der Waals surface area contributed by atoms with Gasteiger partial charge >= 0.3 is 0 Å². The van der Waals surface area contributed by atoms with E-state index in [-0.39, 0.29) is 30.6 Å². The molecular formula is C21H40IN7O. The highest BCUT2D eigenvalue weighted by Gasteiger charge is 2.18. The number of aliphatic imine (C=N–C) groups is 1. The van der Waals surface area contributed by atoms with Gasteiger partial charge in [-0.25, -0.2) is 9.97 Å². The number of anilines is 1. The van der Waals surface area contributed by atoms with Gasteiger partial charge in [0.1, 0.15) is 0 Å². The van der Waals surface area contributed by atoms with Crippen LogP contribution in [0.15, 0.2) is 23.5 Å². The lowest BCUT2D eigenvalue weighted by Gasteiger charge is -2.34. The third-order valence-corrected chi connectivity index (χ3v) is 5.12. The standard InChI is InChI=1S/C21H39N7O.HI/c1-4-22-20(26-17-19(6-15-29)16-18(2)3)23-9-10-27-11-13-28(14-12-27)21-24-7-5-8-25-21;/h5,7-8,18-19,29H,4,6,9-17H2,1-3H3,(H2,22,23,26);1H. The molecule has 1 atom stereocenters. The van der Waals surface area contributed by atoms with Crippen molar-refractivity contribution in [2.24, 2.45) is 16.8 Å². The lowest BCUT2D eigenvalue weighted by Crippen LogP contribution is -2.49. The molecule has 0 aliphatic carbocycles. The van der Waals surface area contributed by atoms with E-state index in [9.17, 15) is 5.11 Å². The molecule has 0 spiro atoms. The molecule has 1 aromatic rings. The number of piperazine rings is 1. The zero-order chi connectivity index (χ0) is 20.9. The highest BCUT2D eigenvalue weighted by Crippen LogP contribution is 2.15. The molecule has 1 aliphatic heterocycles. The molecule has 1 fully saturated rings.